The zero-order valence-electron chi connectivity index (χ0n) is 14.3. The minimum atomic E-state index is -1.18. The molecule has 0 radical (unpaired) electrons. The van der Waals surface area contributed by atoms with Gasteiger partial charge in [0.25, 0.3) is 0 Å². The van der Waals surface area contributed by atoms with Crippen LogP contribution in [0.3, 0.4) is 0 Å². The van der Waals surface area contributed by atoms with Crippen molar-refractivity contribution in [3.63, 3.8) is 0 Å². The van der Waals surface area contributed by atoms with Crippen LogP contribution >= 0.6 is 0 Å². The van der Waals surface area contributed by atoms with Crippen molar-refractivity contribution in [2.45, 2.75) is 38.2 Å². The maximum absolute atomic E-state index is 11.2. The molecule has 2 atom stereocenters. The molecule has 0 bridgehead atoms. The molecule has 11 heteroatoms. The second-order valence-corrected chi connectivity index (χ2v) is 6.11. The van der Waals surface area contributed by atoms with Crippen molar-refractivity contribution in [1.29, 1.82) is 0 Å². The zero-order chi connectivity index (χ0) is 18.9. The Labute approximate surface area is 148 Å². The minimum Gasteiger partial charge on any atom is -0.463 e. The number of hydrogen-bond donors (Lipinski definition) is 2. The smallest absolute Gasteiger partial charge is 0.302 e. The lowest BCUT2D eigenvalue weighted by Gasteiger charge is -2.27. The van der Waals surface area contributed by atoms with Gasteiger partial charge in [-0.1, -0.05) is 0 Å². The number of nitrogens with two attached hydrogens (primary N) is 1. The van der Waals surface area contributed by atoms with Crippen molar-refractivity contribution in [3.8, 4) is 0 Å². The molecule has 2 aromatic rings. The van der Waals surface area contributed by atoms with Crippen LogP contribution in [0.25, 0.3) is 11.2 Å². The van der Waals surface area contributed by atoms with Crippen LogP contribution in [0.4, 0.5) is 5.82 Å². The number of aliphatic hydroxyl groups excluding tert-OH is 1. The van der Waals surface area contributed by atoms with Gasteiger partial charge in [0.2, 0.25) is 0 Å². The van der Waals surface area contributed by atoms with Gasteiger partial charge >= 0.3 is 11.9 Å². The van der Waals surface area contributed by atoms with Gasteiger partial charge in [-0.15, -0.1) is 0 Å². The van der Waals surface area contributed by atoms with E-state index in [1.807, 2.05) is 0 Å². The van der Waals surface area contributed by atoms with Crippen molar-refractivity contribution in [2.24, 2.45) is 0 Å². The maximum Gasteiger partial charge on any atom is 0.302 e. The molecule has 1 aliphatic rings. The zero-order valence-corrected chi connectivity index (χ0v) is 14.3. The third kappa shape index (κ3) is 3.44. The summed E-state index contributed by atoms with van der Waals surface area (Å²) in [5.74, 6) is -0.822. The van der Waals surface area contributed by atoms with Crippen molar-refractivity contribution in [2.75, 3.05) is 18.9 Å². The first-order chi connectivity index (χ1) is 12.3. The summed E-state index contributed by atoms with van der Waals surface area (Å²) < 4.78 is 17.6. The monoisotopic (exact) mass is 365 g/mol. The Morgan fingerprint density at radius 1 is 1.31 bits per heavy atom. The highest BCUT2D eigenvalue weighted by molar-refractivity contribution is 5.81. The Bertz CT molecular complexity index is 819. The number of hydrogen-bond acceptors (Lipinski definition) is 10. The molecule has 2 aromatic heterocycles. The van der Waals surface area contributed by atoms with E-state index >= 15 is 0 Å². The molecule has 26 heavy (non-hydrogen) atoms. The fourth-order valence-electron chi connectivity index (χ4n) is 2.86. The molecule has 0 aliphatic carbocycles. The molecule has 1 fully saturated rings. The Hall–Kier alpha value is -2.79. The number of carbonyl (C=O) groups is 2. The van der Waals surface area contributed by atoms with Crippen molar-refractivity contribution < 1.29 is 28.9 Å². The first kappa shape index (κ1) is 18.0. The number of rotatable bonds is 5. The lowest BCUT2D eigenvalue weighted by molar-refractivity contribution is -0.172. The molecule has 1 aliphatic heterocycles. The molecule has 0 saturated carbocycles. The number of nitrogens with zero attached hydrogens (tertiary/aromatic N) is 4. The molecule has 0 unspecified atom stereocenters. The van der Waals surface area contributed by atoms with E-state index in [1.54, 1.807) is 0 Å². The van der Waals surface area contributed by atoms with Gasteiger partial charge in [-0.05, 0) is 0 Å². The molecule has 3 N–H and O–H groups in total. The highest BCUT2D eigenvalue weighted by atomic mass is 16.6. The quantitative estimate of drug-likeness (QED) is 0.666. The van der Waals surface area contributed by atoms with Crippen LogP contribution in [-0.2, 0) is 23.8 Å². The highest BCUT2D eigenvalue weighted by Crippen LogP contribution is 2.38. The number of esters is 2. The van der Waals surface area contributed by atoms with E-state index in [0.717, 1.165) is 0 Å². The standard InChI is InChI=1S/C15H19N5O6/c1-8(21)24-4-15(5-25-9(2)22)3-10(23)14(26-15)20-7-19-11-12(16)17-6-18-13(11)20/h6-7,10,14,23H,3-5H2,1-2H3,(H2,16,17,18)/t10-,14-/m1/s1. The van der Waals surface area contributed by atoms with Crippen LogP contribution in [0, 0.1) is 0 Å². The first-order valence-electron chi connectivity index (χ1n) is 7.87. The lowest BCUT2D eigenvalue weighted by Crippen LogP contribution is -2.41. The van der Waals surface area contributed by atoms with Crippen LogP contribution in [0.5, 0.6) is 0 Å². The highest BCUT2D eigenvalue weighted by Gasteiger charge is 2.49. The van der Waals surface area contributed by atoms with Gasteiger partial charge in [-0.3, -0.25) is 14.2 Å². The van der Waals surface area contributed by atoms with Gasteiger partial charge < -0.3 is 25.1 Å². The fraction of sp³-hybridized carbons (Fsp3) is 0.533. The van der Waals surface area contributed by atoms with Gasteiger partial charge in [0.05, 0.1) is 6.33 Å². The molecule has 140 valence electrons. The normalized spacial score (nSPS) is 21.7. The molecule has 0 aromatic carbocycles. The average Bonchev–Trinajstić information content (AvgIpc) is 3.14. The second-order valence-electron chi connectivity index (χ2n) is 6.11. The third-order valence-electron chi connectivity index (χ3n) is 4.02. The minimum absolute atomic E-state index is 0.0818. The molecule has 0 amide bonds. The molecule has 11 nitrogen and oxygen atoms in total. The summed E-state index contributed by atoms with van der Waals surface area (Å²) in [6, 6.07) is 0. The molecule has 1 saturated heterocycles. The van der Waals surface area contributed by atoms with E-state index in [2.05, 4.69) is 15.0 Å². The predicted molar refractivity (Wildman–Crippen MR) is 86.5 cm³/mol. The summed E-state index contributed by atoms with van der Waals surface area (Å²) in [7, 11) is 0. The summed E-state index contributed by atoms with van der Waals surface area (Å²) >= 11 is 0. The van der Waals surface area contributed by atoms with Crippen LogP contribution in [0.2, 0.25) is 0 Å². The van der Waals surface area contributed by atoms with Gasteiger partial charge in [-0.25, -0.2) is 15.0 Å². The number of aromatic nitrogens is 4. The summed E-state index contributed by atoms with van der Waals surface area (Å²) in [6.45, 7) is 2.16. The largest absolute Gasteiger partial charge is 0.463 e. The number of aliphatic hydroxyl groups is 1. The van der Waals surface area contributed by atoms with Gasteiger partial charge in [-0.2, -0.15) is 0 Å². The van der Waals surface area contributed by atoms with Crippen LogP contribution < -0.4 is 5.73 Å². The fourth-order valence-corrected chi connectivity index (χ4v) is 2.86. The Balaban J connectivity index is 1.90. The first-order valence-corrected chi connectivity index (χ1v) is 7.87. The van der Waals surface area contributed by atoms with Crippen LogP contribution in [0.15, 0.2) is 12.7 Å². The van der Waals surface area contributed by atoms with Crippen molar-refractivity contribution >= 4 is 28.9 Å². The maximum atomic E-state index is 11.2. The second kappa shape index (κ2) is 6.84. The third-order valence-corrected chi connectivity index (χ3v) is 4.02. The van der Waals surface area contributed by atoms with Gasteiger partial charge in [0, 0.05) is 20.3 Å². The lowest BCUT2D eigenvalue weighted by atomic mass is 10.0. The van der Waals surface area contributed by atoms with E-state index in [9.17, 15) is 14.7 Å². The summed E-state index contributed by atoms with van der Waals surface area (Å²) in [5.41, 5.74) is 5.35. The van der Waals surface area contributed by atoms with E-state index in [1.165, 1.54) is 31.1 Å². The number of imidazole rings is 1. The van der Waals surface area contributed by atoms with Crippen LogP contribution in [0.1, 0.15) is 26.5 Å². The molecular weight excluding hydrogens is 346 g/mol. The molecular formula is C15H19N5O6. The summed E-state index contributed by atoms with van der Waals surface area (Å²) in [4.78, 5) is 34.5. The van der Waals surface area contributed by atoms with Crippen molar-refractivity contribution in [1.82, 2.24) is 19.5 Å². The Kier molecular flexibility index (Phi) is 4.74. The van der Waals surface area contributed by atoms with Gasteiger partial charge in [0.15, 0.2) is 17.7 Å². The average molecular weight is 365 g/mol. The molecule has 3 heterocycles. The molecule has 0 spiro atoms. The topological polar surface area (TPSA) is 152 Å². The van der Waals surface area contributed by atoms with E-state index in [-0.39, 0.29) is 25.5 Å². The number of anilines is 1. The Morgan fingerprint density at radius 3 is 2.58 bits per heavy atom. The summed E-state index contributed by atoms with van der Waals surface area (Å²) in [5, 5.41) is 10.5. The number of nitrogen functional groups attached to an aromatic ring is 1. The predicted octanol–water partition coefficient (Wildman–Crippen LogP) is -0.447. The van der Waals surface area contributed by atoms with Gasteiger partial charge in [0.1, 0.15) is 36.8 Å². The Morgan fingerprint density at radius 2 is 1.96 bits per heavy atom. The number of fused-ring (bicyclic) bond motifs is 1. The van der Waals surface area contributed by atoms with Crippen LogP contribution in [-0.4, -0.2) is 61.5 Å². The number of ether oxygens (including phenoxy) is 3. The van der Waals surface area contributed by atoms with E-state index < -0.39 is 29.9 Å². The van der Waals surface area contributed by atoms with E-state index in [4.69, 9.17) is 19.9 Å². The SMILES string of the molecule is CC(=O)OCC1(COC(C)=O)C[C@@H](O)[C@H](n2cnc3c(N)ncnc32)O1. The molecule has 3 rings (SSSR count). The summed E-state index contributed by atoms with van der Waals surface area (Å²) in [6.07, 6.45) is 0.938. The number of carbonyl (C=O) groups excluding carboxylic acids is 2. The van der Waals surface area contributed by atoms with Crippen molar-refractivity contribution in [3.05, 3.63) is 12.7 Å². The van der Waals surface area contributed by atoms with E-state index in [0.29, 0.717) is 11.2 Å².